The second kappa shape index (κ2) is 8.43. The van der Waals surface area contributed by atoms with E-state index in [4.69, 9.17) is 9.47 Å². The summed E-state index contributed by atoms with van der Waals surface area (Å²) in [5.41, 5.74) is 4.20. The van der Waals surface area contributed by atoms with Gasteiger partial charge in [-0.25, -0.2) is 4.68 Å². The van der Waals surface area contributed by atoms with Crippen LogP contribution in [-0.2, 0) is 4.79 Å². The monoisotopic (exact) mass is 377 g/mol. The third-order valence-electron chi connectivity index (χ3n) is 4.25. The lowest BCUT2D eigenvalue weighted by Crippen LogP contribution is -2.11. The second-order valence-corrected chi connectivity index (χ2v) is 6.29. The molecule has 0 radical (unpaired) electrons. The smallest absolute Gasteiger partial charge is 0.248 e. The molecule has 0 atom stereocenters. The van der Waals surface area contributed by atoms with Crippen LogP contribution in [0.15, 0.2) is 54.6 Å². The Kier molecular flexibility index (Phi) is 5.79. The number of amides is 1. The van der Waals surface area contributed by atoms with Crippen molar-refractivity contribution in [1.82, 2.24) is 9.78 Å². The predicted molar refractivity (Wildman–Crippen MR) is 110 cm³/mol. The largest absolute Gasteiger partial charge is 0.497 e. The van der Waals surface area contributed by atoms with Crippen LogP contribution in [0.2, 0.25) is 0 Å². The summed E-state index contributed by atoms with van der Waals surface area (Å²) in [4.78, 5) is 12.5. The van der Waals surface area contributed by atoms with Gasteiger partial charge in [-0.1, -0.05) is 12.1 Å². The van der Waals surface area contributed by atoms with Crippen LogP contribution in [0.5, 0.6) is 11.5 Å². The SMILES string of the molecule is COc1ccc(/C=C/C(=O)Nc2ccccc2-n2nc(C)cc2C)c(OC)c1. The normalized spacial score (nSPS) is 10.9. The zero-order chi connectivity index (χ0) is 20.1. The summed E-state index contributed by atoms with van der Waals surface area (Å²) in [5.74, 6) is 1.08. The van der Waals surface area contributed by atoms with Gasteiger partial charge in [-0.2, -0.15) is 5.10 Å². The lowest BCUT2D eigenvalue weighted by molar-refractivity contribution is -0.111. The molecule has 0 spiro atoms. The first-order valence-electron chi connectivity index (χ1n) is 8.85. The molecule has 6 nitrogen and oxygen atoms in total. The van der Waals surface area contributed by atoms with Crippen molar-refractivity contribution in [1.29, 1.82) is 0 Å². The molecular weight excluding hydrogens is 354 g/mol. The van der Waals surface area contributed by atoms with Crippen LogP contribution in [0.4, 0.5) is 5.69 Å². The van der Waals surface area contributed by atoms with Crippen LogP contribution < -0.4 is 14.8 Å². The Morgan fingerprint density at radius 2 is 1.86 bits per heavy atom. The summed E-state index contributed by atoms with van der Waals surface area (Å²) < 4.78 is 12.4. The summed E-state index contributed by atoms with van der Waals surface area (Å²) in [6, 6.07) is 15.0. The Bertz CT molecular complexity index is 1020. The molecular formula is C22H23N3O3. The molecule has 144 valence electrons. The van der Waals surface area contributed by atoms with Crippen molar-refractivity contribution in [2.45, 2.75) is 13.8 Å². The average Bonchev–Trinajstić information content (AvgIpc) is 3.04. The average molecular weight is 377 g/mol. The van der Waals surface area contributed by atoms with Gasteiger partial charge in [-0.15, -0.1) is 0 Å². The number of aromatic nitrogens is 2. The van der Waals surface area contributed by atoms with E-state index in [1.54, 1.807) is 26.4 Å². The van der Waals surface area contributed by atoms with Crippen molar-refractivity contribution in [3.8, 4) is 17.2 Å². The molecule has 0 aliphatic heterocycles. The highest BCUT2D eigenvalue weighted by molar-refractivity contribution is 6.03. The Morgan fingerprint density at radius 3 is 2.54 bits per heavy atom. The Balaban J connectivity index is 1.81. The van der Waals surface area contributed by atoms with Gasteiger partial charge in [0.15, 0.2) is 0 Å². The topological polar surface area (TPSA) is 65.4 Å². The minimum Gasteiger partial charge on any atom is -0.497 e. The third kappa shape index (κ3) is 4.23. The first-order chi connectivity index (χ1) is 13.5. The summed E-state index contributed by atoms with van der Waals surface area (Å²) in [6.45, 7) is 3.92. The van der Waals surface area contributed by atoms with Gasteiger partial charge in [0.1, 0.15) is 11.5 Å². The molecule has 0 aliphatic rings. The summed E-state index contributed by atoms with van der Waals surface area (Å²) in [7, 11) is 3.18. The molecule has 0 saturated heterocycles. The van der Waals surface area contributed by atoms with Gasteiger partial charge < -0.3 is 14.8 Å². The summed E-state index contributed by atoms with van der Waals surface area (Å²) >= 11 is 0. The Labute approximate surface area is 164 Å². The van der Waals surface area contributed by atoms with E-state index in [0.717, 1.165) is 22.6 Å². The lowest BCUT2D eigenvalue weighted by atomic mass is 10.1. The van der Waals surface area contributed by atoms with Gasteiger partial charge in [-0.3, -0.25) is 4.79 Å². The highest BCUT2D eigenvalue weighted by atomic mass is 16.5. The Hall–Kier alpha value is -3.54. The number of hydrogen-bond donors (Lipinski definition) is 1. The number of carbonyl (C=O) groups is 1. The van der Waals surface area contributed by atoms with Crippen molar-refractivity contribution < 1.29 is 14.3 Å². The first-order valence-corrected chi connectivity index (χ1v) is 8.85. The molecule has 1 heterocycles. The van der Waals surface area contributed by atoms with E-state index in [1.807, 2.05) is 61.0 Å². The molecule has 1 amide bonds. The number of para-hydroxylation sites is 2. The van der Waals surface area contributed by atoms with Gasteiger partial charge in [0.05, 0.1) is 31.3 Å². The van der Waals surface area contributed by atoms with E-state index >= 15 is 0 Å². The standard InChI is InChI=1S/C22H23N3O3/c1-15-13-16(2)25(24-15)20-8-6-5-7-19(20)23-22(26)12-10-17-9-11-18(27-3)14-21(17)28-4/h5-14H,1-4H3,(H,23,26)/b12-10+. The number of anilines is 1. The van der Waals surface area contributed by atoms with Gasteiger partial charge in [0.2, 0.25) is 5.91 Å². The minimum absolute atomic E-state index is 0.244. The highest BCUT2D eigenvalue weighted by Crippen LogP contribution is 2.26. The molecule has 0 fully saturated rings. The minimum atomic E-state index is -0.244. The zero-order valence-corrected chi connectivity index (χ0v) is 16.4. The molecule has 0 aliphatic carbocycles. The number of rotatable bonds is 6. The first kappa shape index (κ1) is 19.2. The van der Waals surface area contributed by atoms with Gasteiger partial charge in [0, 0.05) is 23.4 Å². The number of hydrogen-bond acceptors (Lipinski definition) is 4. The van der Waals surface area contributed by atoms with Crippen molar-refractivity contribution in [2.24, 2.45) is 0 Å². The fourth-order valence-electron chi connectivity index (χ4n) is 2.93. The number of nitrogens with zero attached hydrogens (tertiary/aromatic N) is 2. The molecule has 6 heteroatoms. The molecule has 3 aromatic rings. The molecule has 2 aromatic carbocycles. The van der Waals surface area contributed by atoms with Crippen molar-refractivity contribution >= 4 is 17.7 Å². The van der Waals surface area contributed by atoms with Crippen molar-refractivity contribution in [3.05, 3.63) is 71.6 Å². The van der Waals surface area contributed by atoms with E-state index in [-0.39, 0.29) is 5.91 Å². The molecule has 3 rings (SSSR count). The maximum absolute atomic E-state index is 12.5. The molecule has 28 heavy (non-hydrogen) atoms. The predicted octanol–water partition coefficient (Wildman–Crippen LogP) is 4.16. The van der Waals surface area contributed by atoms with E-state index in [9.17, 15) is 4.79 Å². The quantitative estimate of drug-likeness (QED) is 0.655. The van der Waals surface area contributed by atoms with Gasteiger partial charge in [-0.05, 0) is 50.3 Å². The van der Waals surface area contributed by atoms with E-state index in [1.165, 1.54) is 6.08 Å². The van der Waals surface area contributed by atoms with E-state index in [0.29, 0.717) is 17.2 Å². The lowest BCUT2D eigenvalue weighted by Gasteiger charge is -2.11. The van der Waals surface area contributed by atoms with Crippen LogP contribution in [-0.4, -0.2) is 29.9 Å². The zero-order valence-electron chi connectivity index (χ0n) is 16.4. The van der Waals surface area contributed by atoms with E-state index in [2.05, 4.69) is 10.4 Å². The van der Waals surface area contributed by atoms with Crippen LogP contribution in [0.1, 0.15) is 17.0 Å². The number of benzene rings is 2. The third-order valence-corrected chi connectivity index (χ3v) is 4.25. The number of methoxy groups -OCH3 is 2. The van der Waals surface area contributed by atoms with E-state index < -0.39 is 0 Å². The van der Waals surface area contributed by atoms with Gasteiger partial charge in [0.25, 0.3) is 0 Å². The van der Waals surface area contributed by atoms with Crippen molar-refractivity contribution in [3.63, 3.8) is 0 Å². The fraction of sp³-hybridized carbons (Fsp3) is 0.182. The van der Waals surface area contributed by atoms with Crippen LogP contribution in [0.3, 0.4) is 0 Å². The summed E-state index contributed by atoms with van der Waals surface area (Å²) in [5, 5.41) is 7.42. The molecule has 0 bridgehead atoms. The number of nitrogens with one attached hydrogen (secondary N) is 1. The Morgan fingerprint density at radius 1 is 1.07 bits per heavy atom. The van der Waals surface area contributed by atoms with Crippen molar-refractivity contribution in [2.75, 3.05) is 19.5 Å². The van der Waals surface area contributed by atoms with Crippen LogP contribution >= 0.6 is 0 Å². The van der Waals surface area contributed by atoms with Crippen LogP contribution in [0, 0.1) is 13.8 Å². The summed E-state index contributed by atoms with van der Waals surface area (Å²) in [6.07, 6.45) is 3.18. The highest BCUT2D eigenvalue weighted by Gasteiger charge is 2.10. The second-order valence-electron chi connectivity index (χ2n) is 6.29. The number of aryl methyl sites for hydroxylation is 2. The molecule has 1 aromatic heterocycles. The van der Waals surface area contributed by atoms with Crippen LogP contribution in [0.25, 0.3) is 11.8 Å². The fourth-order valence-corrected chi connectivity index (χ4v) is 2.93. The maximum atomic E-state index is 12.5. The molecule has 1 N–H and O–H groups in total. The van der Waals surface area contributed by atoms with Gasteiger partial charge >= 0.3 is 0 Å². The molecule has 0 saturated carbocycles. The number of ether oxygens (including phenoxy) is 2. The maximum Gasteiger partial charge on any atom is 0.248 e. The number of carbonyl (C=O) groups excluding carboxylic acids is 1. The molecule has 0 unspecified atom stereocenters.